The second kappa shape index (κ2) is 4.72. The van der Waals surface area contributed by atoms with Crippen LogP contribution in [0.15, 0.2) is 60.7 Å². The molecule has 0 aliphatic carbocycles. The Bertz CT molecular complexity index is 442. The van der Waals surface area contributed by atoms with E-state index in [1.807, 2.05) is 0 Å². The molecular formula is C15H17P. The van der Waals surface area contributed by atoms with Crippen LogP contribution in [0.4, 0.5) is 0 Å². The van der Waals surface area contributed by atoms with Gasteiger partial charge in [-0.2, -0.15) is 0 Å². The molecule has 0 N–H and O–H groups in total. The Balaban J connectivity index is 2.54. The van der Waals surface area contributed by atoms with Crippen molar-refractivity contribution in [3.05, 3.63) is 60.7 Å². The summed E-state index contributed by atoms with van der Waals surface area (Å²) in [6, 6.07) is 21.4. The van der Waals surface area contributed by atoms with E-state index in [-0.39, 0.29) is 0 Å². The van der Waals surface area contributed by atoms with Gasteiger partial charge in [-0.05, 0) is 16.8 Å². The van der Waals surface area contributed by atoms with Crippen LogP contribution in [-0.4, -0.2) is 12.5 Å². The molecule has 0 saturated carbocycles. The predicted molar refractivity (Wildman–Crippen MR) is 76.7 cm³/mol. The molecule has 0 bridgehead atoms. The van der Waals surface area contributed by atoms with Gasteiger partial charge in [0.2, 0.25) is 0 Å². The zero-order valence-electron chi connectivity index (χ0n) is 9.63. The molecule has 0 aliphatic heterocycles. The van der Waals surface area contributed by atoms with Crippen LogP contribution in [0.25, 0.3) is 0 Å². The van der Waals surface area contributed by atoms with Crippen molar-refractivity contribution in [1.82, 2.24) is 0 Å². The number of hydrogen-bond donors (Lipinski definition) is 0. The average Bonchev–Trinajstić information content (AvgIpc) is 2.40. The van der Waals surface area contributed by atoms with Crippen LogP contribution in [0.3, 0.4) is 0 Å². The van der Waals surface area contributed by atoms with Crippen molar-refractivity contribution >= 4 is 23.8 Å². The molecule has 0 heterocycles. The number of rotatable bonds is 3. The SMILES string of the molecule is C=P(CC)(c1ccccc1)c1ccccc1. The van der Waals surface area contributed by atoms with Crippen molar-refractivity contribution in [3.63, 3.8) is 0 Å². The van der Waals surface area contributed by atoms with Crippen LogP contribution in [-0.2, 0) is 0 Å². The first-order chi connectivity index (χ1) is 7.77. The van der Waals surface area contributed by atoms with Gasteiger partial charge in [0.15, 0.2) is 0 Å². The highest BCUT2D eigenvalue weighted by Gasteiger charge is 2.16. The molecule has 0 saturated heterocycles. The van der Waals surface area contributed by atoms with E-state index in [1.54, 1.807) is 0 Å². The lowest BCUT2D eigenvalue weighted by atomic mass is 10.4. The molecular weight excluding hydrogens is 211 g/mol. The van der Waals surface area contributed by atoms with E-state index in [2.05, 4.69) is 73.9 Å². The van der Waals surface area contributed by atoms with Gasteiger partial charge < -0.3 is 0 Å². The minimum Gasteiger partial charge on any atom is -0.0926 e. The van der Waals surface area contributed by atoms with Gasteiger partial charge in [-0.15, -0.1) is 0 Å². The van der Waals surface area contributed by atoms with Crippen molar-refractivity contribution in [1.29, 1.82) is 0 Å². The zero-order valence-corrected chi connectivity index (χ0v) is 10.5. The monoisotopic (exact) mass is 228 g/mol. The molecule has 2 aromatic rings. The summed E-state index contributed by atoms with van der Waals surface area (Å²) < 4.78 is 0. The van der Waals surface area contributed by atoms with E-state index >= 15 is 0 Å². The van der Waals surface area contributed by atoms with Crippen molar-refractivity contribution in [2.24, 2.45) is 0 Å². The standard InChI is InChI=1S/C15H17P/c1-3-16(2,14-10-6-4-7-11-14)15-12-8-5-9-13-15/h4-13H,2-3H2,1H3. The first kappa shape index (κ1) is 11.2. The maximum atomic E-state index is 4.54. The summed E-state index contributed by atoms with van der Waals surface area (Å²) in [5, 5.41) is 2.78. The first-order valence-electron chi connectivity index (χ1n) is 5.61. The fraction of sp³-hybridized carbons (Fsp3) is 0.133. The lowest BCUT2D eigenvalue weighted by Crippen LogP contribution is -2.17. The summed E-state index contributed by atoms with van der Waals surface area (Å²) in [6.45, 7) is 0.832. The quantitative estimate of drug-likeness (QED) is 0.708. The topological polar surface area (TPSA) is 0 Å². The molecule has 2 aromatic carbocycles. The highest BCUT2D eigenvalue weighted by Crippen LogP contribution is 2.41. The van der Waals surface area contributed by atoms with E-state index in [9.17, 15) is 0 Å². The Morgan fingerprint density at radius 1 is 0.812 bits per heavy atom. The Morgan fingerprint density at radius 3 is 1.50 bits per heavy atom. The summed E-state index contributed by atoms with van der Waals surface area (Å²) in [6.07, 6.45) is 5.65. The molecule has 0 nitrogen and oxygen atoms in total. The van der Waals surface area contributed by atoms with Crippen LogP contribution in [0.1, 0.15) is 6.92 Å². The smallest absolute Gasteiger partial charge is 0.0208 e. The normalized spacial score (nSPS) is 11.3. The maximum absolute atomic E-state index is 4.54. The third-order valence-electron chi connectivity index (χ3n) is 3.04. The van der Waals surface area contributed by atoms with Crippen molar-refractivity contribution < 1.29 is 0 Å². The van der Waals surface area contributed by atoms with E-state index in [0.717, 1.165) is 6.16 Å². The van der Waals surface area contributed by atoms with Crippen LogP contribution in [0, 0.1) is 0 Å². The maximum Gasteiger partial charge on any atom is -0.0208 e. The summed E-state index contributed by atoms with van der Waals surface area (Å²) in [7, 11) is 0. The second-order valence-electron chi connectivity index (χ2n) is 3.96. The minimum atomic E-state index is -1.40. The predicted octanol–water partition coefficient (Wildman–Crippen LogP) is 3.11. The highest BCUT2D eigenvalue weighted by atomic mass is 31.2. The zero-order chi connectivity index (χ0) is 11.4. The van der Waals surface area contributed by atoms with E-state index in [1.165, 1.54) is 10.6 Å². The molecule has 0 spiro atoms. The molecule has 0 radical (unpaired) electrons. The van der Waals surface area contributed by atoms with Gasteiger partial charge in [-0.3, -0.25) is 0 Å². The van der Waals surface area contributed by atoms with Gasteiger partial charge in [-0.1, -0.05) is 80.8 Å². The van der Waals surface area contributed by atoms with E-state index < -0.39 is 6.89 Å². The molecule has 0 amide bonds. The molecule has 0 aromatic heterocycles. The van der Waals surface area contributed by atoms with Crippen molar-refractivity contribution in [2.75, 3.05) is 6.16 Å². The van der Waals surface area contributed by atoms with Gasteiger partial charge in [0.05, 0.1) is 0 Å². The van der Waals surface area contributed by atoms with Gasteiger partial charge in [0, 0.05) is 0 Å². The Morgan fingerprint density at radius 2 is 1.19 bits per heavy atom. The van der Waals surface area contributed by atoms with Crippen LogP contribution in [0.5, 0.6) is 0 Å². The van der Waals surface area contributed by atoms with Crippen molar-refractivity contribution in [2.45, 2.75) is 6.92 Å². The highest BCUT2D eigenvalue weighted by molar-refractivity contribution is 7.87. The molecule has 0 fully saturated rings. The molecule has 0 unspecified atom stereocenters. The molecule has 0 aliphatic rings. The van der Waals surface area contributed by atoms with Gasteiger partial charge in [0.25, 0.3) is 0 Å². The summed E-state index contributed by atoms with van der Waals surface area (Å²) >= 11 is 0. The Kier molecular flexibility index (Phi) is 3.31. The Labute approximate surface area is 97.9 Å². The third kappa shape index (κ3) is 1.99. The van der Waals surface area contributed by atoms with Crippen LogP contribution >= 0.6 is 6.89 Å². The lowest BCUT2D eigenvalue weighted by Gasteiger charge is -2.23. The minimum absolute atomic E-state index is 1.11. The van der Waals surface area contributed by atoms with Gasteiger partial charge in [0.1, 0.15) is 0 Å². The summed E-state index contributed by atoms with van der Waals surface area (Å²) in [4.78, 5) is 0. The van der Waals surface area contributed by atoms with Crippen LogP contribution < -0.4 is 10.6 Å². The fourth-order valence-corrected chi connectivity index (χ4v) is 4.46. The van der Waals surface area contributed by atoms with Crippen LogP contribution in [0.2, 0.25) is 0 Å². The molecule has 2 rings (SSSR count). The average molecular weight is 228 g/mol. The van der Waals surface area contributed by atoms with Crippen molar-refractivity contribution in [3.8, 4) is 0 Å². The van der Waals surface area contributed by atoms with E-state index in [0.29, 0.717) is 0 Å². The molecule has 1 heteroatoms. The largest absolute Gasteiger partial charge is 0.0926 e. The Hall–Kier alpha value is -1.26. The third-order valence-corrected chi connectivity index (χ3v) is 6.69. The molecule has 16 heavy (non-hydrogen) atoms. The summed E-state index contributed by atoms with van der Waals surface area (Å²) in [5.41, 5.74) is 0. The second-order valence-corrected chi connectivity index (χ2v) is 7.56. The van der Waals surface area contributed by atoms with Gasteiger partial charge in [-0.25, -0.2) is 0 Å². The van der Waals surface area contributed by atoms with Gasteiger partial charge >= 0.3 is 0 Å². The molecule has 82 valence electrons. The lowest BCUT2D eigenvalue weighted by molar-refractivity contribution is 1.50. The number of benzene rings is 2. The molecule has 0 atom stereocenters. The first-order valence-corrected chi connectivity index (χ1v) is 7.77. The van der Waals surface area contributed by atoms with E-state index in [4.69, 9.17) is 0 Å². The summed E-state index contributed by atoms with van der Waals surface area (Å²) in [5.74, 6) is 0. The fourth-order valence-electron chi connectivity index (χ4n) is 1.94. The number of hydrogen-bond acceptors (Lipinski definition) is 0.